The normalized spacial score (nSPS) is 36.0. The minimum Gasteiger partial charge on any atom is -0.0683 e. The molecular weight excluding hydrogens is 240 g/mol. The number of hydrogen-bond acceptors (Lipinski definition) is 0. The Balaban J connectivity index is 0.000000956. The molecule has 2 fully saturated rings. The first-order valence-corrected chi connectivity index (χ1v) is 9.81. The van der Waals surface area contributed by atoms with Crippen molar-refractivity contribution in [3.63, 3.8) is 0 Å². The van der Waals surface area contributed by atoms with Gasteiger partial charge >= 0.3 is 0 Å². The van der Waals surface area contributed by atoms with E-state index in [1.807, 2.05) is 13.8 Å². The Hall–Kier alpha value is 0. The van der Waals surface area contributed by atoms with Gasteiger partial charge in [0.1, 0.15) is 0 Å². The lowest BCUT2D eigenvalue weighted by atomic mass is 9.69. The third-order valence-electron chi connectivity index (χ3n) is 6.00. The second kappa shape index (κ2) is 10.7. The molecule has 0 radical (unpaired) electrons. The van der Waals surface area contributed by atoms with Crippen LogP contribution in [0.2, 0.25) is 0 Å². The van der Waals surface area contributed by atoms with E-state index in [2.05, 4.69) is 13.8 Å². The fourth-order valence-electron chi connectivity index (χ4n) is 4.60. The molecule has 2 atom stereocenters. The highest BCUT2D eigenvalue weighted by Gasteiger charge is 2.30. The summed E-state index contributed by atoms with van der Waals surface area (Å²) in [6.07, 6.45) is 18.2. The van der Waals surface area contributed by atoms with Gasteiger partial charge in [0, 0.05) is 0 Å². The van der Waals surface area contributed by atoms with Gasteiger partial charge in [0.25, 0.3) is 0 Å². The maximum absolute atomic E-state index is 2.56. The van der Waals surface area contributed by atoms with Crippen LogP contribution in [0, 0.1) is 23.7 Å². The van der Waals surface area contributed by atoms with Gasteiger partial charge in [-0.2, -0.15) is 0 Å². The van der Waals surface area contributed by atoms with Gasteiger partial charge in [0.2, 0.25) is 0 Å². The first-order chi connectivity index (χ1) is 9.81. The van der Waals surface area contributed by atoms with Crippen LogP contribution in [0.5, 0.6) is 0 Å². The summed E-state index contributed by atoms with van der Waals surface area (Å²) in [5.74, 6) is 4.22. The SMILES string of the molecule is CC.CCC1CCC(C2CCCCCCCC2C)CC1. The topological polar surface area (TPSA) is 0 Å². The number of hydrogen-bond donors (Lipinski definition) is 0. The molecule has 2 aliphatic carbocycles. The Kier molecular flexibility index (Phi) is 9.65. The average Bonchev–Trinajstić information content (AvgIpc) is 2.62. The Labute approximate surface area is 129 Å². The molecule has 20 heavy (non-hydrogen) atoms. The average molecular weight is 281 g/mol. The first kappa shape index (κ1) is 18.1. The van der Waals surface area contributed by atoms with Crippen molar-refractivity contribution in [2.24, 2.45) is 23.7 Å². The van der Waals surface area contributed by atoms with Crippen LogP contribution >= 0.6 is 0 Å². The smallest absolute Gasteiger partial charge is 0.0360 e. The summed E-state index contributed by atoms with van der Waals surface area (Å²) in [7, 11) is 0. The molecule has 0 amide bonds. The zero-order chi connectivity index (χ0) is 14.8. The minimum atomic E-state index is 1.01. The van der Waals surface area contributed by atoms with E-state index in [1.165, 1.54) is 57.8 Å². The van der Waals surface area contributed by atoms with Crippen molar-refractivity contribution in [1.29, 1.82) is 0 Å². The van der Waals surface area contributed by atoms with Crippen LogP contribution in [0.4, 0.5) is 0 Å². The van der Waals surface area contributed by atoms with Crippen molar-refractivity contribution < 1.29 is 0 Å². The lowest BCUT2D eigenvalue weighted by Crippen LogP contribution is -2.26. The third kappa shape index (κ3) is 5.78. The first-order valence-electron chi connectivity index (χ1n) is 9.81. The van der Waals surface area contributed by atoms with Crippen molar-refractivity contribution in [3.05, 3.63) is 0 Å². The molecule has 120 valence electrons. The molecule has 0 spiro atoms. The molecule has 2 aliphatic rings. The van der Waals surface area contributed by atoms with Gasteiger partial charge in [-0.05, 0) is 42.9 Å². The molecule has 0 N–H and O–H groups in total. The van der Waals surface area contributed by atoms with Gasteiger partial charge in [-0.25, -0.2) is 0 Å². The summed E-state index contributed by atoms with van der Waals surface area (Å²) >= 11 is 0. The van der Waals surface area contributed by atoms with E-state index in [-0.39, 0.29) is 0 Å². The van der Waals surface area contributed by atoms with Crippen molar-refractivity contribution in [2.75, 3.05) is 0 Å². The van der Waals surface area contributed by atoms with E-state index < -0.39 is 0 Å². The van der Waals surface area contributed by atoms with Gasteiger partial charge in [0.05, 0.1) is 0 Å². The zero-order valence-electron chi connectivity index (χ0n) is 14.8. The largest absolute Gasteiger partial charge is 0.0683 e. The third-order valence-corrected chi connectivity index (χ3v) is 6.00. The Morgan fingerprint density at radius 1 is 0.700 bits per heavy atom. The van der Waals surface area contributed by atoms with Gasteiger partial charge in [0.15, 0.2) is 0 Å². The molecule has 0 heteroatoms. The summed E-state index contributed by atoms with van der Waals surface area (Å²) in [6, 6.07) is 0. The lowest BCUT2D eigenvalue weighted by Gasteiger charge is -2.37. The highest BCUT2D eigenvalue weighted by molar-refractivity contribution is 4.81. The number of rotatable bonds is 2. The second-order valence-electron chi connectivity index (χ2n) is 7.18. The Bertz CT molecular complexity index is 212. The molecule has 0 aromatic heterocycles. The molecule has 0 saturated heterocycles. The fourth-order valence-corrected chi connectivity index (χ4v) is 4.60. The monoisotopic (exact) mass is 280 g/mol. The predicted molar refractivity (Wildman–Crippen MR) is 92.1 cm³/mol. The van der Waals surface area contributed by atoms with Gasteiger partial charge in [-0.3, -0.25) is 0 Å². The van der Waals surface area contributed by atoms with E-state index in [4.69, 9.17) is 0 Å². The molecule has 0 aromatic rings. The molecular formula is C20H40. The molecule has 0 bridgehead atoms. The molecule has 2 saturated carbocycles. The molecule has 0 aromatic carbocycles. The standard InChI is InChI=1S/C18H34.C2H6/c1-3-16-11-13-17(14-12-16)18-10-8-6-4-5-7-9-15(18)2;1-2/h15-18H,3-14H2,1-2H3;1-2H3. The van der Waals surface area contributed by atoms with E-state index in [0.717, 1.165) is 23.7 Å². The highest BCUT2D eigenvalue weighted by atomic mass is 14.4. The van der Waals surface area contributed by atoms with Gasteiger partial charge < -0.3 is 0 Å². The highest BCUT2D eigenvalue weighted by Crippen LogP contribution is 2.41. The van der Waals surface area contributed by atoms with Gasteiger partial charge in [-0.15, -0.1) is 0 Å². The van der Waals surface area contributed by atoms with E-state index in [9.17, 15) is 0 Å². The summed E-state index contributed by atoms with van der Waals surface area (Å²) in [5, 5.41) is 0. The van der Waals surface area contributed by atoms with Crippen molar-refractivity contribution in [3.8, 4) is 0 Å². The van der Waals surface area contributed by atoms with E-state index in [1.54, 1.807) is 19.3 Å². The maximum Gasteiger partial charge on any atom is -0.0360 e. The van der Waals surface area contributed by atoms with E-state index >= 15 is 0 Å². The van der Waals surface area contributed by atoms with Crippen LogP contribution in [-0.2, 0) is 0 Å². The van der Waals surface area contributed by atoms with Gasteiger partial charge in [-0.1, -0.05) is 85.5 Å². The minimum absolute atomic E-state index is 1.01. The zero-order valence-corrected chi connectivity index (χ0v) is 14.8. The van der Waals surface area contributed by atoms with Crippen LogP contribution in [0.25, 0.3) is 0 Å². The Morgan fingerprint density at radius 2 is 1.25 bits per heavy atom. The van der Waals surface area contributed by atoms with Crippen LogP contribution in [-0.4, -0.2) is 0 Å². The van der Waals surface area contributed by atoms with Crippen molar-refractivity contribution >= 4 is 0 Å². The molecule has 2 rings (SSSR count). The summed E-state index contributed by atoms with van der Waals surface area (Å²) in [4.78, 5) is 0. The van der Waals surface area contributed by atoms with Crippen LogP contribution < -0.4 is 0 Å². The van der Waals surface area contributed by atoms with Crippen LogP contribution in [0.3, 0.4) is 0 Å². The fraction of sp³-hybridized carbons (Fsp3) is 1.00. The molecule has 0 heterocycles. The van der Waals surface area contributed by atoms with Crippen LogP contribution in [0.1, 0.15) is 105 Å². The van der Waals surface area contributed by atoms with E-state index in [0.29, 0.717) is 0 Å². The molecule has 0 aliphatic heterocycles. The molecule has 2 unspecified atom stereocenters. The summed E-state index contributed by atoms with van der Waals surface area (Å²) in [6.45, 7) is 8.94. The van der Waals surface area contributed by atoms with Crippen molar-refractivity contribution in [1.82, 2.24) is 0 Å². The van der Waals surface area contributed by atoms with Crippen molar-refractivity contribution in [2.45, 2.75) is 105 Å². The maximum atomic E-state index is 2.56. The summed E-state index contributed by atoms with van der Waals surface area (Å²) < 4.78 is 0. The quantitative estimate of drug-likeness (QED) is 0.500. The predicted octanol–water partition coefficient (Wildman–Crippen LogP) is 7.23. The van der Waals surface area contributed by atoms with Crippen LogP contribution in [0.15, 0.2) is 0 Å². The Morgan fingerprint density at radius 3 is 1.85 bits per heavy atom. The lowest BCUT2D eigenvalue weighted by molar-refractivity contribution is 0.142. The summed E-state index contributed by atoms with van der Waals surface area (Å²) in [5.41, 5.74) is 0. The second-order valence-corrected chi connectivity index (χ2v) is 7.18. The molecule has 0 nitrogen and oxygen atoms in total.